The molecule has 0 aliphatic heterocycles. The van der Waals surface area contributed by atoms with Crippen LogP contribution in [0.4, 0.5) is 0 Å². The van der Waals surface area contributed by atoms with Gasteiger partial charge in [-0.25, -0.2) is 0 Å². The third kappa shape index (κ3) is 17.4. The van der Waals surface area contributed by atoms with Crippen LogP contribution in [0.3, 0.4) is 0 Å². The summed E-state index contributed by atoms with van der Waals surface area (Å²) in [5.74, 6) is -0.972. The molecule has 1 atom stereocenters. The molecule has 23 heavy (non-hydrogen) atoms. The number of allylic oxidation sites excluding steroid dienone is 2. The van der Waals surface area contributed by atoms with E-state index in [1.165, 1.54) is 0 Å². The molecule has 0 heterocycles. The minimum Gasteiger partial charge on any atom is -0.862 e. The zero-order chi connectivity index (χ0) is 16.8. The van der Waals surface area contributed by atoms with Crippen LogP contribution in [0.1, 0.15) is 46.0 Å². The maximum atomic E-state index is 11.6. The third-order valence-corrected chi connectivity index (χ3v) is 3.12. The molecule has 0 aromatic heterocycles. The van der Waals surface area contributed by atoms with Crippen molar-refractivity contribution in [1.29, 1.82) is 0 Å². The molecule has 0 rings (SSSR count). The number of aliphatic carboxylic acids is 1. The smallest absolute Gasteiger partial charge is 0.862 e. The Morgan fingerprint density at radius 3 is 2.57 bits per heavy atom. The quantitative estimate of drug-likeness (QED) is 0.135. The zero-order valence-corrected chi connectivity index (χ0v) is 14.7. The SMILES string of the molecule is C/C=C/CCCCC([O-])=NCCN(CCC(=O)O)CC(C)O.[Li+]. The summed E-state index contributed by atoms with van der Waals surface area (Å²) in [7, 11) is 0. The van der Waals surface area contributed by atoms with E-state index in [1.807, 2.05) is 17.9 Å². The van der Waals surface area contributed by atoms with Crippen molar-refractivity contribution in [2.75, 3.05) is 26.2 Å². The van der Waals surface area contributed by atoms with E-state index in [4.69, 9.17) is 5.11 Å². The van der Waals surface area contributed by atoms with Gasteiger partial charge in [-0.2, -0.15) is 0 Å². The van der Waals surface area contributed by atoms with Crippen LogP contribution in [0.5, 0.6) is 0 Å². The molecule has 0 radical (unpaired) electrons. The number of rotatable bonds is 13. The summed E-state index contributed by atoms with van der Waals surface area (Å²) in [6.07, 6.45) is 6.84. The normalized spacial score (nSPS) is 13.3. The van der Waals surface area contributed by atoms with Gasteiger partial charge in [0.2, 0.25) is 0 Å². The van der Waals surface area contributed by atoms with Crippen molar-refractivity contribution in [2.45, 2.75) is 52.1 Å². The van der Waals surface area contributed by atoms with Crippen LogP contribution in [-0.4, -0.2) is 59.3 Å². The van der Waals surface area contributed by atoms with E-state index in [-0.39, 0.29) is 31.2 Å². The van der Waals surface area contributed by atoms with E-state index in [0.717, 1.165) is 19.3 Å². The van der Waals surface area contributed by atoms with Gasteiger partial charge in [0.1, 0.15) is 0 Å². The Morgan fingerprint density at radius 1 is 1.30 bits per heavy atom. The Hall–Kier alpha value is -0.803. The Bertz CT molecular complexity index is 360. The van der Waals surface area contributed by atoms with E-state index in [1.54, 1.807) is 6.92 Å². The standard InChI is InChI=1S/C16H30N2O4.Li/c1-3-4-5-6-7-8-15(20)17-10-12-18(13-14(2)19)11-9-16(21)22;/h3-4,14,19H,5-13H2,1-2H3,(H,17,20)(H,21,22);/q;+1/p-1/b4-3+;. The summed E-state index contributed by atoms with van der Waals surface area (Å²) in [5, 5.41) is 29.7. The molecule has 0 bridgehead atoms. The van der Waals surface area contributed by atoms with Gasteiger partial charge < -0.3 is 20.3 Å². The van der Waals surface area contributed by atoms with Gasteiger partial charge in [-0.15, -0.1) is 0 Å². The fraction of sp³-hybridized carbons (Fsp3) is 0.750. The Kier molecular flexibility index (Phi) is 17.1. The topological polar surface area (TPSA) is 96.2 Å². The molecule has 128 valence electrons. The molecular weight excluding hydrogens is 291 g/mol. The molecule has 0 amide bonds. The molecule has 1 unspecified atom stereocenters. The Balaban J connectivity index is 0. The van der Waals surface area contributed by atoms with Gasteiger partial charge in [0, 0.05) is 19.6 Å². The van der Waals surface area contributed by atoms with E-state index in [2.05, 4.69) is 11.1 Å². The number of hydrogen-bond donors (Lipinski definition) is 2. The number of carboxylic acids is 1. The first-order chi connectivity index (χ1) is 10.5. The maximum Gasteiger partial charge on any atom is 1.00 e. The molecule has 7 heteroatoms. The van der Waals surface area contributed by atoms with Gasteiger partial charge in [-0.05, 0) is 45.4 Å². The molecule has 2 N–H and O–H groups in total. The molecule has 0 fully saturated rings. The maximum absolute atomic E-state index is 11.6. The molecular formula is C16H29LiN2O4. The van der Waals surface area contributed by atoms with Crippen molar-refractivity contribution < 1.29 is 39.0 Å². The fourth-order valence-electron chi connectivity index (χ4n) is 2.02. The number of aliphatic hydroxyl groups excluding tert-OH is 1. The van der Waals surface area contributed by atoms with Gasteiger partial charge in [0.15, 0.2) is 0 Å². The zero-order valence-electron chi connectivity index (χ0n) is 14.7. The van der Waals surface area contributed by atoms with Gasteiger partial charge >= 0.3 is 24.8 Å². The van der Waals surface area contributed by atoms with Crippen molar-refractivity contribution in [3.8, 4) is 0 Å². The molecule has 0 spiro atoms. The number of carboxylic acid groups (broad SMARTS) is 1. The average molecular weight is 320 g/mol. The van der Waals surface area contributed by atoms with Crippen LogP contribution in [-0.2, 0) is 4.79 Å². The predicted molar refractivity (Wildman–Crippen MR) is 86.0 cm³/mol. The third-order valence-electron chi connectivity index (χ3n) is 3.12. The molecule has 0 saturated heterocycles. The van der Waals surface area contributed by atoms with Gasteiger partial charge in [0.05, 0.1) is 19.1 Å². The van der Waals surface area contributed by atoms with Crippen molar-refractivity contribution in [3.63, 3.8) is 0 Å². The summed E-state index contributed by atoms with van der Waals surface area (Å²) in [5.41, 5.74) is 0. The van der Waals surface area contributed by atoms with Gasteiger partial charge in [-0.1, -0.05) is 12.2 Å². The Morgan fingerprint density at radius 2 is 2.00 bits per heavy atom. The number of hydrogen-bond acceptors (Lipinski definition) is 5. The number of carbonyl (C=O) groups is 1. The van der Waals surface area contributed by atoms with E-state index < -0.39 is 12.1 Å². The molecule has 0 aliphatic rings. The average Bonchev–Trinajstić information content (AvgIpc) is 2.43. The second-order valence-electron chi connectivity index (χ2n) is 5.38. The van der Waals surface area contributed by atoms with E-state index in [0.29, 0.717) is 32.6 Å². The minimum atomic E-state index is -0.871. The van der Waals surface area contributed by atoms with Crippen LogP contribution in [0.25, 0.3) is 0 Å². The number of aliphatic imine (C=N–C) groups is 1. The first kappa shape index (κ1) is 24.4. The largest absolute Gasteiger partial charge is 1.00 e. The molecule has 6 nitrogen and oxygen atoms in total. The van der Waals surface area contributed by atoms with E-state index in [9.17, 15) is 15.0 Å². The summed E-state index contributed by atoms with van der Waals surface area (Å²) < 4.78 is 0. The van der Waals surface area contributed by atoms with Crippen molar-refractivity contribution in [1.82, 2.24) is 4.90 Å². The van der Waals surface area contributed by atoms with Crippen LogP contribution in [0.15, 0.2) is 17.1 Å². The molecule has 0 aliphatic carbocycles. The summed E-state index contributed by atoms with van der Waals surface area (Å²) in [6, 6.07) is 0. The number of aliphatic hydroxyl groups is 1. The monoisotopic (exact) mass is 320 g/mol. The van der Waals surface area contributed by atoms with Crippen molar-refractivity contribution in [3.05, 3.63) is 12.2 Å². The van der Waals surface area contributed by atoms with Crippen LogP contribution >= 0.6 is 0 Å². The first-order valence-corrected chi connectivity index (χ1v) is 7.89. The van der Waals surface area contributed by atoms with Gasteiger partial charge in [0.25, 0.3) is 0 Å². The van der Waals surface area contributed by atoms with Crippen LogP contribution < -0.4 is 24.0 Å². The predicted octanol–water partition coefficient (Wildman–Crippen LogP) is -1.96. The fourth-order valence-corrected chi connectivity index (χ4v) is 2.02. The summed E-state index contributed by atoms with van der Waals surface area (Å²) in [4.78, 5) is 16.4. The molecule has 0 aromatic rings. The molecule has 0 saturated carbocycles. The first-order valence-electron chi connectivity index (χ1n) is 7.89. The molecule has 0 aromatic carbocycles. The number of unbranched alkanes of at least 4 members (excludes halogenated alkanes) is 2. The summed E-state index contributed by atoms with van der Waals surface area (Å²) >= 11 is 0. The van der Waals surface area contributed by atoms with Gasteiger partial charge in [-0.3, -0.25) is 9.69 Å². The minimum absolute atomic E-state index is 0. The number of nitrogens with zero attached hydrogens (tertiary/aromatic N) is 2. The second-order valence-corrected chi connectivity index (χ2v) is 5.38. The summed E-state index contributed by atoms with van der Waals surface area (Å²) in [6.45, 7) is 5.21. The van der Waals surface area contributed by atoms with Crippen molar-refractivity contribution in [2.24, 2.45) is 4.99 Å². The van der Waals surface area contributed by atoms with Crippen LogP contribution in [0.2, 0.25) is 0 Å². The van der Waals surface area contributed by atoms with E-state index >= 15 is 0 Å². The van der Waals surface area contributed by atoms with Crippen molar-refractivity contribution >= 4 is 11.9 Å². The second kappa shape index (κ2) is 16.1. The Labute approximate surface area is 151 Å². The van der Waals surface area contributed by atoms with Crippen LogP contribution in [0, 0.1) is 0 Å².